The Labute approximate surface area is 294 Å². The number of hydrogen-bond acceptors (Lipinski definition) is 3. The number of aryl methyl sites for hydroxylation is 4. The van der Waals surface area contributed by atoms with Gasteiger partial charge in [-0.2, -0.15) is 13.2 Å². The Bertz CT molecular complexity index is 2380. The molecule has 0 atom stereocenters. The van der Waals surface area contributed by atoms with Gasteiger partial charge in [-0.1, -0.05) is 96.1 Å². The van der Waals surface area contributed by atoms with Crippen molar-refractivity contribution in [3.05, 3.63) is 144 Å². The molecule has 50 heavy (non-hydrogen) atoms. The number of para-hydroxylation sites is 2. The molecule has 2 aliphatic rings. The van der Waals surface area contributed by atoms with E-state index in [1.165, 1.54) is 0 Å². The maximum atomic E-state index is 14.4. The smallest absolute Gasteiger partial charge is 0.311 e. The zero-order valence-electron chi connectivity index (χ0n) is 28.1. The molecule has 0 saturated carbocycles. The van der Waals surface area contributed by atoms with Crippen LogP contribution in [-0.4, -0.2) is 12.2 Å². The van der Waals surface area contributed by atoms with Crippen molar-refractivity contribution < 1.29 is 13.2 Å². The van der Waals surface area contributed by atoms with Crippen LogP contribution < -0.4 is 26.2 Å². The Hall–Kier alpha value is -5.14. The number of nitrogens with zero attached hydrogens (tertiary/aromatic N) is 2. The molecule has 0 amide bonds. The zero-order chi connectivity index (χ0) is 34.5. The molecular formula is C43H32BF3N2S. The second kappa shape index (κ2) is 11.2. The molecule has 0 fully saturated rings. The summed E-state index contributed by atoms with van der Waals surface area (Å²) in [6.07, 6.45) is 0. The van der Waals surface area contributed by atoms with E-state index in [2.05, 4.69) is 122 Å². The maximum Gasteiger partial charge on any atom is 0.446 e. The fourth-order valence-electron chi connectivity index (χ4n) is 8.14. The second-order valence-corrected chi connectivity index (χ2v) is 14.7. The molecule has 0 radical (unpaired) electrons. The summed E-state index contributed by atoms with van der Waals surface area (Å²) in [7, 11) is 0. The minimum Gasteiger partial charge on any atom is -0.311 e. The summed E-state index contributed by atoms with van der Waals surface area (Å²) < 4.78 is 43.2. The van der Waals surface area contributed by atoms with Gasteiger partial charge in [0.2, 0.25) is 0 Å². The fourth-order valence-corrected chi connectivity index (χ4v) is 8.75. The topological polar surface area (TPSA) is 6.48 Å². The van der Waals surface area contributed by atoms with Gasteiger partial charge in [0.05, 0.1) is 0 Å². The number of rotatable bonds is 3. The molecule has 2 nitrogen and oxygen atoms in total. The molecule has 0 aliphatic carbocycles. The third kappa shape index (κ3) is 4.74. The van der Waals surface area contributed by atoms with Gasteiger partial charge < -0.3 is 9.80 Å². The van der Waals surface area contributed by atoms with E-state index >= 15 is 0 Å². The van der Waals surface area contributed by atoms with E-state index in [0.717, 1.165) is 94.3 Å². The lowest BCUT2D eigenvalue weighted by Crippen LogP contribution is -2.61. The molecule has 244 valence electrons. The molecule has 7 aromatic carbocycles. The number of anilines is 6. The van der Waals surface area contributed by atoms with E-state index in [-0.39, 0.29) is 23.4 Å². The van der Waals surface area contributed by atoms with Crippen molar-refractivity contribution in [2.24, 2.45) is 0 Å². The minimum atomic E-state index is -4.46. The number of benzene rings is 7. The molecule has 0 aromatic heterocycles. The first kappa shape index (κ1) is 30.9. The number of alkyl halides is 3. The second-order valence-electron chi connectivity index (χ2n) is 13.6. The molecule has 7 heteroatoms. The predicted molar refractivity (Wildman–Crippen MR) is 206 cm³/mol. The van der Waals surface area contributed by atoms with Crippen molar-refractivity contribution in [1.82, 2.24) is 0 Å². The Morgan fingerprint density at radius 1 is 0.520 bits per heavy atom. The average molecular weight is 677 g/mol. The molecule has 0 unspecified atom stereocenters. The van der Waals surface area contributed by atoms with Gasteiger partial charge >= 0.3 is 5.51 Å². The van der Waals surface area contributed by atoms with Crippen molar-refractivity contribution in [2.45, 2.75) is 38.1 Å². The first-order valence-corrected chi connectivity index (χ1v) is 17.6. The summed E-state index contributed by atoms with van der Waals surface area (Å²) in [5, 5.41) is 4.32. The Kier molecular flexibility index (Phi) is 6.91. The van der Waals surface area contributed by atoms with Crippen molar-refractivity contribution in [2.75, 3.05) is 9.80 Å². The van der Waals surface area contributed by atoms with Crippen LogP contribution in [-0.2, 0) is 0 Å². The summed E-state index contributed by atoms with van der Waals surface area (Å²) in [6.45, 7) is 8.11. The summed E-state index contributed by atoms with van der Waals surface area (Å²) >= 11 is -0.0473. The van der Waals surface area contributed by atoms with Crippen molar-refractivity contribution >= 4 is 90.5 Å². The van der Waals surface area contributed by atoms with Gasteiger partial charge in [-0.05, 0) is 114 Å². The van der Waals surface area contributed by atoms with E-state index in [1.807, 2.05) is 24.3 Å². The largest absolute Gasteiger partial charge is 0.446 e. The van der Waals surface area contributed by atoms with Gasteiger partial charge in [-0.3, -0.25) is 0 Å². The van der Waals surface area contributed by atoms with Gasteiger partial charge in [0.1, 0.15) is 0 Å². The standard InChI is InChI=1S/C43H32BF3N2S/c1-25-13-15-29-17-19-34-41(32(29)21-25)48(36-11-7-5-9-27(36)3)38-23-31(50-43(45,46)47)24-39-40(38)44(34)35-20-18-30-16-14-26(2)22-33(30)42(35)49(39)37-12-8-6-10-28(37)4/h5-24H,1-4H3. The molecule has 0 N–H and O–H groups in total. The quantitative estimate of drug-likeness (QED) is 0.136. The SMILES string of the molecule is Cc1ccc2ccc3c(c2c1)N(c1ccccc1C)c1cc(SC(F)(F)F)cc2c1B3c1ccc3ccc(C)cc3c1N2c1ccccc1C. The molecule has 7 aromatic rings. The number of hydrogen-bond donors (Lipinski definition) is 0. The first-order chi connectivity index (χ1) is 24.1. The van der Waals surface area contributed by atoms with Crippen LogP contribution in [0.25, 0.3) is 21.5 Å². The molecule has 2 heterocycles. The van der Waals surface area contributed by atoms with Crippen LogP contribution in [0.4, 0.5) is 47.3 Å². The van der Waals surface area contributed by atoms with Crippen LogP contribution in [0.5, 0.6) is 0 Å². The molecule has 0 spiro atoms. The van der Waals surface area contributed by atoms with Gasteiger partial charge in [0, 0.05) is 49.8 Å². The van der Waals surface area contributed by atoms with E-state index in [9.17, 15) is 13.2 Å². The summed E-state index contributed by atoms with van der Waals surface area (Å²) in [5.41, 5.74) is 8.58. The van der Waals surface area contributed by atoms with Gasteiger partial charge in [0.15, 0.2) is 0 Å². The van der Waals surface area contributed by atoms with Crippen molar-refractivity contribution in [3.63, 3.8) is 0 Å². The Morgan fingerprint density at radius 2 is 0.960 bits per heavy atom. The lowest BCUT2D eigenvalue weighted by molar-refractivity contribution is -0.0328. The fraction of sp³-hybridized carbons (Fsp3) is 0.116. The summed E-state index contributed by atoms with van der Waals surface area (Å²) in [5.74, 6) is 0. The maximum absolute atomic E-state index is 14.4. The molecule has 0 saturated heterocycles. The highest BCUT2D eigenvalue weighted by atomic mass is 32.2. The van der Waals surface area contributed by atoms with E-state index in [4.69, 9.17) is 0 Å². The highest BCUT2D eigenvalue weighted by molar-refractivity contribution is 8.00. The molecule has 0 bridgehead atoms. The average Bonchev–Trinajstić information content (AvgIpc) is 3.08. The third-order valence-corrected chi connectivity index (χ3v) is 11.0. The van der Waals surface area contributed by atoms with Crippen LogP contribution in [0.1, 0.15) is 22.3 Å². The zero-order valence-corrected chi connectivity index (χ0v) is 28.9. The predicted octanol–water partition coefficient (Wildman–Crippen LogP) is 10.9. The summed E-state index contributed by atoms with van der Waals surface area (Å²) in [6, 6.07) is 41.7. The van der Waals surface area contributed by atoms with E-state index in [0.29, 0.717) is 0 Å². The van der Waals surface area contributed by atoms with Crippen LogP contribution in [0.2, 0.25) is 0 Å². The normalized spacial score (nSPS) is 13.5. The lowest BCUT2D eigenvalue weighted by atomic mass is 9.33. The Balaban J connectivity index is 1.50. The lowest BCUT2D eigenvalue weighted by Gasteiger charge is -2.45. The summed E-state index contributed by atoms with van der Waals surface area (Å²) in [4.78, 5) is 4.62. The van der Waals surface area contributed by atoms with Crippen LogP contribution in [0.3, 0.4) is 0 Å². The minimum absolute atomic E-state index is 0.0473. The molecular weight excluding hydrogens is 644 g/mol. The van der Waals surface area contributed by atoms with Gasteiger partial charge in [-0.25, -0.2) is 0 Å². The van der Waals surface area contributed by atoms with E-state index in [1.54, 1.807) is 12.1 Å². The number of halogens is 3. The van der Waals surface area contributed by atoms with Gasteiger partial charge in [-0.15, -0.1) is 0 Å². The van der Waals surface area contributed by atoms with Crippen molar-refractivity contribution in [1.29, 1.82) is 0 Å². The van der Waals surface area contributed by atoms with Crippen LogP contribution >= 0.6 is 11.8 Å². The third-order valence-electron chi connectivity index (χ3n) is 10.3. The monoisotopic (exact) mass is 676 g/mol. The van der Waals surface area contributed by atoms with Crippen molar-refractivity contribution in [3.8, 4) is 0 Å². The first-order valence-electron chi connectivity index (χ1n) is 16.8. The van der Waals surface area contributed by atoms with E-state index < -0.39 is 5.51 Å². The van der Waals surface area contributed by atoms with Crippen LogP contribution in [0.15, 0.2) is 126 Å². The van der Waals surface area contributed by atoms with Crippen LogP contribution in [0, 0.1) is 27.7 Å². The highest BCUT2D eigenvalue weighted by Gasteiger charge is 2.45. The number of fused-ring (bicyclic) bond motifs is 8. The Morgan fingerprint density at radius 3 is 1.40 bits per heavy atom. The molecule has 9 rings (SSSR count). The van der Waals surface area contributed by atoms with Gasteiger partial charge in [0.25, 0.3) is 6.71 Å². The highest BCUT2D eigenvalue weighted by Crippen LogP contribution is 2.51. The number of thioether (sulfide) groups is 1. The molecule has 2 aliphatic heterocycles.